The number of phenols is 1. The van der Waals surface area contributed by atoms with E-state index in [1.165, 1.54) is 18.2 Å². The number of carbonyl (C=O) groups excluding carboxylic acids is 1. The van der Waals surface area contributed by atoms with Crippen molar-refractivity contribution in [2.45, 2.75) is 0 Å². The zero-order valence-electron chi connectivity index (χ0n) is 10.9. The summed E-state index contributed by atoms with van der Waals surface area (Å²) in [5.41, 5.74) is 1.84. The van der Waals surface area contributed by atoms with Crippen LogP contribution in [0.4, 0.5) is 0 Å². The van der Waals surface area contributed by atoms with Gasteiger partial charge in [-0.1, -0.05) is 24.3 Å². The van der Waals surface area contributed by atoms with E-state index in [2.05, 4.69) is 4.98 Å². The van der Waals surface area contributed by atoms with Crippen molar-refractivity contribution in [3.63, 3.8) is 0 Å². The first-order valence-electron chi connectivity index (χ1n) is 6.27. The number of hydrogen-bond donors (Lipinski definition) is 2. The minimum atomic E-state index is -0.590. The summed E-state index contributed by atoms with van der Waals surface area (Å²) in [7, 11) is 0. The second kappa shape index (κ2) is 5.13. The molecule has 0 unspecified atom stereocenters. The summed E-state index contributed by atoms with van der Waals surface area (Å²) in [6.45, 7) is 0. The SMILES string of the molecule is O=C(/C=C/c1ccc(O)cc1)c1cccc2[nH]c(=O)oc12. The summed E-state index contributed by atoms with van der Waals surface area (Å²) in [6, 6.07) is 11.4. The lowest BCUT2D eigenvalue weighted by Gasteiger charge is -1.97. The van der Waals surface area contributed by atoms with Gasteiger partial charge in [0.1, 0.15) is 5.75 Å². The number of rotatable bonds is 3. The maximum Gasteiger partial charge on any atom is 0.417 e. The van der Waals surface area contributed by atoms with Gasteiger partial charge in [-0.15, -0.1) is 0 Å². The number of carbonyl (C=O) groups is 1. The van der Waals surface area contributed by atoms with E-state index in [1.54, 1.807) is 36.4 Å². The van der Waals surface area contributed by atoms with Gasteiger partial charge in [-0.25, -0.2) is 4.79 Å². The van der Waals surface area contributed by atoms with Crippen molar-refractivity contribution in [3.8, 4) is 5.75 Å². The van der Waals surface area contributed by atoms with E-state index in [1.807, 2.05) is 0 Å². The molecule has 0 saturated heterocycles. The number of aromatic nitrogens is 1. The van der Waals surface area contributed by atoms with E-state index in [0.29, 0.717) is 11.1 Å². The average Bonchev–Trinajstić information content (AvgIpc) is 2.86. The Morgan fingerprint density at radius 2 is 1.90 bits per heavy atom. The molecule has 0 fully saturated rings. The number of oxazole rings is 1. The lowest BCUT2D eigenvalue weighted by atomic mass is 10.1. The fourth-order valence-corrected chi connectivity index (χ4v) is 2.01. The first-order valence-corrected chi connectivity index (χ1v) is 6.27. The number of benzene rings is 2. The Morgan fingerprint density at radius 1 is 1.14 bits per heavy atom. The number of ketones is 1. The Kier molecular flexibility index (Phi) is 3.16. The van der Waals surface area contributed by atoms with Crippen molar-refractivity contribution < 1.29 is 14.3 Å². The highest BCUT2D eigenvalue weighted by Gasteiger charge is 2.11. The molecule has 0 saturated carbocycles. The average molecular weight is 281 g/mol. The van der Waals surface area contributed by atoms with Crippen molar-refractivity contribution >= 4 is 23.0 Å². The Bertz CT molecular complexity index is 885. The van der Waals surface area contributed by atoms with Crippen LogP contribution in [0.25, 0.3) is 17.2 Å². The molecule has 0 bridgehead atoms. The summed E-state index contributed by atoms with van der Waals surface area (Å²) in [5, 5.41) is 9.20. The zero-order chi connectivity index (χ0) is 14.8. The van der Waals surface area contributed by atoms with Crippen molar-refractivity contribution in [2.24, 2.45) is 0 Å². The predicted molar refractivity (Wildman–Crippen MR) is 78.3 cm³/mol. The molecule has 0 radical (unpaired) electrons. The number of nitrogens with one attached hydrogen (secondary N) is 1. The topological polar surface area (TPSA) is 83.3 Å². The molecule has 3 aromatic rings. The molecule has 1 aromatic heterocycles. The van der Waals surface area contributed by atoms with Gasteiger partial charge in [0.05, 0.1) is 11.1 Å². The van der Waals surface area contributed by atoms with Gasteiger partial charge in [0, 0.05) is 0 Å². The van der Waals surface area contributed by atoms with E-state index in [-0.39, 0.29) is 17.1 Å². The lowest BCUT2D eigenvalue weighted by Crippen LogP contribution is -1.94. The third-order valence-electron chi connectivity index (χ3n) is 3.03. The molecule has 0 aliphatic heterocycles. The summed E-state index contributed by atoms with van der Waals surface area (Å²) >= 11 is 0. The predicted octanol–water partition coefficient (Wildman–Crippen LogP) is 2.72. The second-order valence-corrected chi connectivity index (χ2v) is 4.49. The van der Waals surface area contributed by atoms with Crippen LogP contribution in [0.1, 0.15) is 15.9 Å². The third-order valence-corrected chi connectivity index (χ3v) is 3.03. The zero-order valence-corrected chi connectivity index (χ0v) is 10.9. The summed E-state index contributed by atoms with van der Waals surface area (Å²) in [6.07, 6.45) is 3.03. The van der Waals surface area contributed by atoms with Crippen LogP contribution in [0.3, 0.4) is 0 Å². The molecule has 0 atom stereocenters. The minimum absolute atomic E-state index is 0.164. The first kappa shape index (κ1) is 12.9. The van der Waals surface area contributed by atoms with Gasteiger partial charge < -0.3 is 9.52 Å². The van der Waals surface area contributed by atoms with Crippen molar-refractivity contribution in [3.05, 3.63) is 70.2 Å². The van der Waals surface area contributed by atoms with Crippen molar-refractivity contribution in [1.82, 2.24) is 4.98 Å². The Balaban J connectivity index is 1.93. The van der Waals surface area contributed by atoms with E-state index >= 15 is 0 Å². The van der Waals surface area contributed by atoms with Crippen LogP contribution in [0, 0.1) is 0 Å². The molecule has 2 N–H and O–H groups in total. The van der Waals surface area contributed by atoms with Gasteiger partial charge in [0.25, 0.3) is 0 Å². The number of fused-ring (bicyclic) bond motifs is 1. The highest BCUT2D eigenvalue weighted by atomic mass is 16.4. The second-order valence-electron chi connectivity index (χ2n) is 4.49. The molecule has 0 aliphatic rings. The molecule has 3 rings (SSSR count). The van der Waals surface area contributed by atoms with Gasteiger partial charge in [-0.2, -0.15) is 0 Å². The number of H-pyrrole nitrogens is 1. The molecule has 0 aliphatic carbocycles. The molecule has 2 aromatic carbocycles. The molecule has 0 amide bonds. The highest BCUT2D eigenvalue weighted by molar-refractivity contribution is 6.12. The van der Waals surface area contributed by atoms with Crippen LogP contribution in [-0.2, 0) is 0 Å². The van der Waals surface area contributed by atoms with Gasteiger partial charge in [0.2, 0.25) is 0 Å². The minimum Gasteiger partial charge on any atom is -0.508 e. The Labute approximate surface area is 119 Å². The Hall–Kier alpha value is -3.08. The molecule has 1 heterocycles. The third kappa shape index (κ3) is 2.62. The maximum absolute atomic E-state index is 12.2. The van der Waals surface area contributed by atoms with Gasteiger partial charge in [-0.3, -0.25) is 9.78 Å². The van der Waals surface area contributed by atoms with Crippen LogP contribution in [0.2, 0.25) is 0 Å². The van der Waals surface area contributed by atoms with Crippen LogP contribution in [0.15, 0.2) is 57.8 Å². The number of phenolic OH excluding ortho intramolecular Hbond substituents is 1. The molecule has 21 heavy (non-hydrogen) atoms. The van der Waals surface area contributed by atoms with Crippen molar-refractivity contribution in [2.75, 3.05) is 0 Å². The van der Waals surface area contributed by atoms with E-state index in [0.717, 1.165) is 5.56 Å². The number of aromatic hydroxyl groups is 1. The molecule has 0 spiro atoms. The van der Waals surface area contributed by atoms with Crippen LogP contribution < -0.4 is 5.76 Å². The van der Waals surface area contributed by atoms with E-state index in [9.17, 15) is 14.7 Å². The smallest absolute Gasteiger partial charge is 0.417 e. The molecule has 5 nitrogen and oxygen atoms in total. The van der Waals surface area contributed by atoms with Gasteiger partial charge >= 0.3 is 5.76 Å². The standard InChI is InChI=1S/C16H11NO4/c18-11-7-4-10(5-8-11)6-9-14(19)12-2-1-3-13-15(12)21-16(20)17-13/h1-9,18H,(H,17,20)/b9-6+. The Morgan fingerprint density at radius 3 is 2.67 bits per heavy atom. The maximum atomic E-state index is 12.2. The highest BCUT2D eigenvalue weighted by Crippen LogP contribution is 2.17. The van der Waals surface area contributed by atoms with Crippen molar-refractivity contribution in [1.29, 1.82) is 0 Å². The lowest BCUT2D eigenvalue weighted by molar-refractivity contribution is 0.104. The largest absolute Gasteiger partial charge is 0.508 e. The molecular weight excluding hydrogens is 270 g/mol. The fraction of sp³-hybridized carbons (Fsp3) is 0. The summed E-state index contributed by atoms with van der Waals surface area (Å²) in [4.78, 5) is 25.9. The first-order chi connectivity index (χ1) is 10.1. The van der Waals surface area contributed by atoms with Crippen LogP contribution in [0.5, 0.6) is 5.75 Å². The van der Waals surface area contributed by atoms with Crippen LogP contribution >= 0.6 is 0 Å². The normalized spacial score (nSPS) is 11.2. The van der Waals surface area contributed by atoms with E-state index < -0.39 is 5.76 Å². The fourth-order valence-electron chi connectivity index (χ4n) is 2.01. The van der Waals surface area contributed by atoms with Crippen LogP contribution in [-0.4, -0.2) is 15.9 Å². The van der Waals surface area contributed by atoms with Gasteiger partial charge in [0.15, 0.2) is 11.4 Å². The summed E-state index contributed by atoms with van der Waals surface area (Å²) in [5.74, 6) is -0.693. The molecular formula is C16H11NO4. The van der Waals surface area contributed by atoms with Gasteiger partial charge in [-0.05, 0) is 35.9 Å². The quantitative estimate of drug-likeness (QED) is 0.571. The summed E-state index contributed by atoms with van der Waals surface area (Å²) < 4.78 is 4.99. The number of hydrogen-bond acceptors (Lipinski definition) is 4. The molecule has 104 valence electrons. The number of aromatic amines is 1. The number of allylic oxidation sites excluding steroid dienone is 1. The van der Waals surface area contributed by atoms with E-state index in [4.69, 9.17) is 4.42 Å². The monoisotopic (exact) mass is 281 g/mol. The number of para-hydroxylation sites is 1. The molecule has 5 heteroatoms.